The highest BCUT2D eigenvalue weighted by molar-refractivity contribution is 7.89. The maximum atomic E-state index is 12.8. The molecule has 1 atom stereocenters. The smallest absolute Gasteiger partial charge is 0.242 e. The van der Waals surface area contributed by atoms with Gasteiger partial charge in [0.15, 0.2) is 0 Å². The van der Waals surface area contributed by atoms with E-state index in [1.807, 2.05) is 0 Å². The van der Waals surface area contributed by atoms with E-state index in [-0.39, 0.29) is 16.5 Å². The number of hydrogen-bond donors (Lipinski definition) is 3. The summed E-state index contributed by atoms with van der Waals surface area (Å²) in [5, 5.41) is 18.0. The maximum Gasteiger partial charge on any atom is 0.242 e. The van der Waals surface area contributed by atoms with Gasteiger partial charge in [-0.1, -0.05) is 11.6 Å². The minimum Gasteiger partial charge on any atom is -0.393 e. The molecule has 1 rings (SSSR count). The molecular formula is C10H13ClFNO4S. The SMILES string of the molecule is CC(O)(CO)CNS(=O)(=O)c1ccc(F)cc1Cl. The Morgan fingerprint density at radius 3 is 2.61 bits per heavy atom. The lowest BCUT2D eigenvalue weighted by Gasteiger charge is -2.20. The molecule has 1 unspecified atom stereocenters. The van der Waals surface area contributed by atoms with Crippen molar-refractivity contribution in [1.82, 2.24) is 4.72 Å². The van der Waals surface area contributed by atoms with Crippen molar-refractivity contribution in [2.24, 2.45) is 0 Å². The lowest BCUT2D eigenvalue weighted by molar-refractivity contribution is 0.00681. The first-order chi connectivity index (χ1) is 8.18. The molecule has 0 heterocycles. The van der Waals surface area contributed by atoms with E-state index in [0.717, 1.165) is 18.2 Å². The molecule has 0 aromatic heterocycles. The highest BCUT2D eigenvalue weighted by Gasteiger charge is 2.24. The van der Waals surface area contributed by atoms with Gasteiger partial charge in [-0.05, 0) is 25.1 Å². The lowest BCUT2D eigenvalue weighted by atomic mass is 10.1. The van der Waals surface area contributed by atoms with E-state index in [1.165, 1.54) is 6.92 Å². The number of halogens is 2. The van der Waals surface area contributed by atoms with Gasteiger partial charge in [0.2, 0.25) is 10.0 Å². The van der Waals surface area contributed by atoms with Gasteiger partial charge in [0, 0.05) is 6.54 Å². The Bertz CT molecular complexity index is 533. The van der Waals surface area contributed by atoms with Crippen LogP contribution < -0.4 is 4.72 Å². The van der Waals surface area contributed by atoms with Crippen molar-refractivity contribution < 1.29 is 23.0 Å². The summed E-state index contributed by atoms with van der Waals surface area (Å²) in [7, 11) is -3.97. The molecule has 0 saturated carbocycles. The van der Waals surface area contributed by atoms with Crippen LogP contribution in [0.5, 0.6) is 0 Å². The molecule has 1 aromatic carbocycles. The number of aliphatic hydroxyl groups is 2. The van der Waals surface area contributed by atoms with E-state index in [9.17, 15) is 17.9 Å². The molecule has 3 N–H and O–H groups in total. The minimum absolute atomic E-state index is 0.258. The summed E-state index contributed by atoms with van der Waals surface area (Å²) < 4.78 is 38.5. The fourth-order valence-electron chi connectivity index (χ4n) is 1.08. The largest absolute Gasteiger partial charge is 0.393 e. The van der Waals surface area contributed by atoms with Crippen LogP contribution in [-0.4, -0.2) is 37.4 Å². The molecule has 0 radical (unpaired) electrons. The van der Waals surface area contributed by atoms with Crippen molar-refractivity contribution in [2.45, 2.75) is 17.4 Å². The minimum atomic E-state index is -3.97. The molecule has 0 bridgehead atoms. The van der Waals surface area contributed by atoms with E-state index in [2.05, 4.69) is 4.72 Å². The van der Waals surface area contributed by atoms with Crippen LogP contribution in [0.1, 0.15) is 6.92 Å². The predicted octanol–water partition coefficient (Wildman–Crippen LogP) is 0.501. The standard InChI is InChI=1S/C10H13ClFNO4S/c1-10(15,6-14)5-13-18(16,17)9-3-2-7(12)4-8(9)11/h2-4,13-15H,5-6H2,1H3. The third-order valence-corrected chi connectivity index (χ3v) is 4.05. The van der Waals surface area contributed by atoms with Gasteiger partial charge < -0.3 is 10.2 Å². The highest BCUT2D eigenvalue weighted by Crippen LogP contribution is 2.22. The molecule has 5 nitrogen and oxygen atoms in total. The third-order valence-electron chi connectivity index (χ3n) is 2.17. The van der Waals surface area contributed by atoms with E-state index in [4.69, 9.17) is 16.7 Å². The Morgan fingerprint density at radius 1 is 1.50 bits per heavy atom. The van der Waals surface area contributed by atoms with Gasteiger partial charge in [-0.3, -0.25) is 0 Å². The molecule has 0 spiro atoms. The van der Waals surface area contributed by atoms with Crippen LogP contribution in [0.15, 0.2) is 23.1 Å². The number of rotatable bonds is 5. The number of aliphatic hydroxyl groups excluding tert-OH is 1. The van der Waals surface area contributed by atoms with Gasteiger partial charge in [0.1, 0.15) is 10.7 Å². The van der Waals surface area contributed by atoms with Gasteiger partial charge in [0.05, 0.1) is 17.2 Å². The zero-order valence-electron chi connectivity index (χ0n) is 9.52. The summed E-state index contributed by atoms with van der Waals surface area (Å²) in [6, 6.07) is 2.86. The van der Waals surface area contributed by atoms with Crippen LogP contribution in [0.2, 0.25) is 5.02 Å². The fourth-order valence-corrected chi connectivity index (χ4v) is 2.77. The first kappa shape index (κ1) is 15.3. The van der Waals surface area contributed by atoms with Crippen molar-refractivity contribution in [3.63, 3.8) is 0 Å². The van der Waals surface area contributed by atoms with Crippen LogP contribution in [0.4, 0.5) is 4.39 Å². The first-order valence-corrected chi connectivity index (χ1v) is 6.82. The first-order valence-electron chi connectivity index (χ1n) is 4.96. The second-order valence-electron chi connectivity index (χ2n) is 4.05. The molecule has 18 heavy (non-hydrogen) atoms. The Hall–Kier alpha value is -0.730. The number of sulfonamides is 1. The Kier molecular flexibility index (Phi) is 4.68. The molecule has 8 heteroatoms. The second kappa shape index (κ2) is 5.50. The van der Waals surface area contributed by atoms with Gasteiger partial charge in [-0.15, -0.1) is 0 Å². The van der Waals surface area contributed by atoms with Crippen molar-refractivity contribution in [1.29, 1.82) is 0 Å². The molecule has 0 fully saturated rings. The van der Waals surface area contributed by atoms with Gasteiger partial charge >= 0.3 is 0 Å². The third kappa shape index (κ3) is 3.89. The monoisotopic (exact) mass is 297 g/mol. The maximum absolute atomic E-state index is 12.8. The van der Waals surface area contributed by atoms with Gasteiger partial charge in [-0.2, -0.15) is 0 Å². The molecule has 0 amide bonds. The summed E-state index contributed by atoms with van der Waals surface area (Å²) in [6.45, 7) is 0.272. The molecule has 0 saturated heterocycles. The van der Waals surface area contributed by atoms with E-state index < -0.39 is 28.0 Å². The normalized spacial score (nSPS) is 15.4. The second-order valence-corrected chi connectivity index (χ2v) is 6.20. The summed E-state index contributed by atoms with van der Waals surface area (Å²) in [4.78, 5) is -0.292. The van der Waals surface area contributed by atoms with Crippen LogP contribution >= 0.6 is 11.6 Å². The van der Waals surface area contributed by atoms with Crippen molar-refractivity contribution in [2.75, 3.05) is 13.2 Å². The van der Waals surface area contributed by atoms with Crippen LogP contribution in [0.25, 0.3) is 0 Å². The summed E-state index contributed by atoms with van der Waals surface area (Å²) >= 11 is 5.63. The summed E-state index contributed by atoms with van der Waals surface area (Å²) in [5.74, 6) is -0.652. The Labute approximate surface area is 109 Å². The van der Waals surface area contributed by atoms with Crippen LogP contribution in [0, 0.1) is 5.82 Å². The number of hydrogen-bond acceptors (Lipinski definition) is 4. The fraction of sp³-hybridized carbons (Fsp3) is 0.400. The van der Waals surface area contributed by atoms with E-state index in [0.29, 0.717) is 0 Å². The number of nitrogens with one attached hydrogen (secondary N) is 1. The molecule has 1 aromatic rings. The van der Waals surface area contributed by atoms with Crippen molar-refractivity contribution >= 4 is 21.6 Å². The average Bonchev–Trinajstić information content (AvgIpc) is 2.26. The Balaban J connectivity index is 2.94. The van der Waals surface area contributed by atoms with Gasteiger partial charge in [-0.25, -0.2) is 17.5 Å². The Morgan fingerprint density at radius 2 is 2.11 bits per heavy atom. The molecule has 0 aliphatic heterocycles. The summed E-state index contributed by atoms with van der Waals surface area (Å²) in [5.41, 5.74) is -1.58. The molecular weight excluding hydrogens is 285 g/mol. The van der Waals surface area contributed by atoms with E-state index >= 15 is 0 Å². The highest BCUT2D eigenvalue weighted by atomic mass is 35.5. The average molecular weight is 298 g/mol. The van der Waals surface area contributed by atoms with Gasteiger partial charge in [0.25, 0.3) is 0 Å². The lowest BCUT2D eigenvalue weighted by Crippen LogP contribution is -2.43. The number of benzene rings is 1. The molecule has 0 aliphatic rings. The van der Waals surface area contributed by atoms with E-state index in [1.54, 1.807) is 0 Å². The quantitative estimate of drug-likeness (QED) is 0.739. The van der Waals surface area contributed by atoms with Crippen LogP contribution in [0.3, 0.4) is 0 Å². The van der Waals surface area contributed by atoms with Crippen molar-refractivity contribution in [3.05, 3.63) is 29.0 Å². The zero-order chi connectivity index (χ0) is 14.0. The molecule has 0 aliphatic carbocycles. The zero-order valence-corrected chi connectivity index (χ0v) is 11.1. The summed E-state index contributed by atoms with van der Waals surface area (Å²) in [6.07, 6.45) is 0. The van der Waals surface area contributed by atoms with Crippen molar-refractivity contribution in [3.8, 4) is 0 Å². The topological polar surface area (TPSA) is 86.6 Å². The molecule has 102 valence electrons. The predicted molar refractivity (Wildman–Crippen MR) is 64.3 cm³/mol. The van der Waals surface area contributed by atoms with Crippen LogP contribution in [-0.2, 0) is 10.0 Å².